The Bertz CT molecular complexity index is 611. The highest BCUT2D eigenvalue weighted by molar-refractivity contribution is 7.99. The summed E-state index contributed by atoms with van der Waals surface area (Å²) in [6.45, 7) is 0. The summed E-state index contributed by atoms with van der Waals surface area (Å²) < 4.78 is 24.9. The van der Waals surface area contributed by atoms with Gasteiger partial charge in [0.15, 0.2) is 0 Å². The number of pyridine rings is 1. The zero-order chi connectivity index (χ0) is 13.7. The van der Waals surface area contributed by atoms with Crippen LogP contribution in [0.1, 0.15) is 5.69 Å². The summed E-state index contributed by atoms with van der Waals surface area (Å²) in [5, 5.41) is 11.8. The van der Waals surface area contributed by atoms with Crippen LogP contribution in [0.3, 0.4) is 0 Å². The molecular formula is C13H9F2N3S. The molecule has 0 unspecified atom stereocenters. The van der Waals surface area contributed by atoms with Gasteiger partial charge in [0.25, 0.3) is 5.76 Å². The molecule has 0 fully saturated rings. The van der Waals surface area contributed by atoms with Gasteiger partial charge in [-0.3, -0.25) is 0 Å². The number of hydrogen-bond donors (Lipinski definition) is 1. The minimum Gasteiger partial charge on any atom is -0.354 e. The van der Waals surface area contributed by atoms with Crippen molar-refractivity contribution < 1.29 is 8.78 Å². The van der Waals surface area contributed by atoms with Gasteiger partial charge >= 0.3 is 0 Å². The molecule has 0 spiro atoms. The van der Waals surface area contributed by atoms with Crippen molar-refractivity contribution in [2.45, 2.75) is 10.7 Å². The molecule has 0 bridgehead atoms. The molecule has 2 aromatic rings. The first-order valence-corrected chi connectivity index (χ1v) is 6.24. The number of hydrogen-bond acceptors (Lipinski definition) is 4. The molecule has 19 heavy (non-hydrogen) atoms. The molecule has 96 valence electrons. The maximum atomic E-state index is 12.4. The van der Waals surface area contributed by atoms with Gasteiger partial charge < -0.3 is 5.32 Å². The normalized spacial score (nSPS) is 10.2. The van der Waals surface area contributed by atoms with Gasteiger partial charge in [-0.05, 0) is 24.3 Å². The van der Waals surface area contributed by atoms with Crippen LogP contribution in [0.25, 0.3) is 0 Å². The quantitative estimate of drug-likeness (QED) is 0.858. The van der Waals surface area contributed by atoms with Crippen molar-refractivity contribution in [1.82, 2.24) is 4.98 Å². The van der Waals surface area contributed by atoms with Gasteiger partial charge in [-0.15, -0.1) is 0 Å². The van der Waals surface area contributed by atoms with Gasteiger partial charge in [-0.1, -0.05) is 23.9 Å². The lowest BCUT2D eigenvalue weighted by Crippen LogP contribution is -1.95. The van der Waals surface area contributed by atoms with Crippen LogP contribution in [-0.4, -0.2) is 10.7 Å². The highest BCUT2D eigenvalue weighted by atomic mass is 32.2. The van der Waals surface area contributed by atoms with Crippen molar-refractivity contribution in [2.24, 2.45) is 0 Å². The summed E-state index contributed by atoms with van der Waals surface area (Å²) in [6.07, 6.45) is 1.49. The third kappa shape index (κ3) is 3.66. The first kappa shape index (κ1) is 13.3. The van der Waals surface area contributed by atoms with Gasteiger partial charge in [0.05, 0.1) is 5.69 Å². The monoisotopic (exact) mass is 277 g/mol. The molecule has 0 atom stereocenters. The fraction of sp³-hybridized carbons (Fsp3) is 0.0769. The number of aromatic nitrogens is 1. The molecular weight excluding hydrogens is 268 g/mol. The molecule has 0 aliphatic heterocycles. The van der Waals surface area contributed by atoms with E-state index in [4.69, 9.17) is 5.26 Å². The largest absolute Gasteiger partial charge is 0.354 e. The average Bonchev–Trinajstić information content (AvgIpc) is 2.41. The highest BCUT2D eigenvalue weighted by Gasteiger charge is 2.09. The lowest BCUT2D eigenvalue weighted by molar-refractivity contribution is 0.252. The van der Waals surface area contributed by atoms with Gasteiger partial charge in [0.2, 0.25) is 0 Å². The van der Waals surface area contributed by atoms with Crippen LogP contribution in [0.5, 0.6) is 0 Å². The summed E-state index contributed by atoms with van der Waals surface area (Å²) >= 11 is 0.478. The molecule has 1 aromatic heterocycles. The lowest BCUT2D eigenvalue weighted by Gasteiger charge is -2.11. The summed E-state index contributed by atoms with van der Waals surface area (Å²) in [4.78, 5) is 4.30. The van der Waals surface area contributed by atoms with E-state index in [1.54, 1.807) is 36.4 Å². The number of thioether (sulfide) groups is 1. The molecule has 0 aliphatic carbocycles. The maximum absolute atomic E-state index is 12.4. The van der Waals surface area contributed by atoms with Gasteiger partial charge in [0.1, 0.15) is 11.8 Å². The van der Waals surface area contributed by atoms with E-state index in [2.05, 4.69) is 10.3 Å². The predicted octanol–water partition coefficient (Wildman–Crippen LogP) is 4.01. The van der Waals surface area contributed by atoms with Crippen molar-refractivity contribution in [3.8, 4) is 6.07 Å². The van der Waals surface area contributed by atoms with Crippen LogP contribution >= 0.6 is 11.8 Å². The molecule has 0 amide bonds. The van der Waals surface area contributed by atoms with Gasteiger partial charge in [-0.2, -0.15) is 14.0 Å². The minimum absolute atomic E-state index is 0.268. The smallest absolute Gasteiger partial charge is 0.288 e. The minimum atomic E-state index is -2.48. The Labute approximate surface area is 113 Å². The van der Waals surface area contributed by atoms with Gasteiger partial charge in [0, 0.05) is 16.8 Å². The van der Waals surface area contributed by atoms with E-state index in [0.717, 1.165) is 0 Å². The van der Waals surface area contributed by atoms with E-state index in [0.29, 0.717) is 28.0 Å². The average molecular weight is 277 g/mol. The summed E-state index contributed by atoms with van der Waals surface area (Å²) in [5.41, 5.74) is 1.47. The number of anilines is 2. The van der Waals surface area contributed by atoms with E-state index >= 15 is 0 Å². The van der Waals surface area contributed by atoms with Crippen molar-refractivity contribution in [3.63, 3.8) is 0 Å². The molecule has 1 N–H and O–H groups in total. The molecule has 0 aliphatic rings. The third-order valence-corrected chi connectivity index (χ3v) is 3.04. The van der Waals surface area contributed by atoms with Crippen LogP contribution in [0.4, 0.5) is 20.2 Å². The lowest BCUT2D eigenvalue weighted by atomic mass is 10.3. The highest BCUT2D eigenvalue weighted by Crippen LogP contribution is 2.33. The number of nitriles is 1. The molecule has 1 heterocycles. The Hall–Kier alpha value is -2.13. The second-order valence-electron chi connectivity index (χ2n) is 3.54. The Morgan fingerprint density at radius 3 is 2.79 bits per heavy atom. The fourth-order valence-electron chi connectivity index (χ4n) is 1.49. The van der Waals surface area contributed by atoms with E-state index in [1.165, 1.54) is 6.20 Å². The molecule has 6 heteroatoms. The van der Waals surface area contributed by atoms with E-state index < -0.39 is 5.76 Å². The van der Waals surface area contributed by atoms with Crippen LogP contribution in [0.2, 0.25) is 0 Å². The molecule has 0 radical (unpaired) electrons. The third-order valence-electron chi connectivity index (χ3n) is 2.26. The van der Waals surface area contributed by atoms with Crippen LogP contribution < -0.4 is 5.32 Å². The molecule has 3 nitrogen and oxygen atoms in total. The van der Waals surface area contributed by atoms with Crippen LogP contribution in [0.15, 0.2) is 47.5 Å². The van der Waals surface area contributed by atoms with Gasteiger partial charge in [-0.25, -0.2) is 4.98 Å². The molecule has 1 aromatic carbocycles. The number of alkyl halides is 2. The fourth-order valence-corrected chi connectivity index (χ4v) is 2.09. The first-order chi connectivity index (χ1) is 9.19. The number of benzene rings is 1. The second-order valence-corrected chi connectivity index (χ2v) is 4.57. The summed E-state index contributed by atoms with van der Waals surface area (Å²) in [5.74, 6) is -2.48. The number of para-hydroxylation sites is 1. The maximum Gasteiger partial charge on any atom is 0.288 e. The van der Waals surface area contributed by atoms with Crippen molar-refractivity contribution >= 4 is 23.1 Å². The molecule has 0 saturated heterocycles. The van der Waals surface area contributed by atoms with Crippen molar-refractivity contribution in [1.29, 1.82) is 5.26 Å². The van der Waals surface area contributed by atoms with E-state index in [-0.39, 0.29) is 5.69 Å². The Morgan fingerprint density at radius 2 is 2.05 bits per heavy atom. The molecule has 0 saturated carbocycles. The van der Waals surface area contributed by atoms with Crippen LogP contribution in [-0.2, 0) is 0 Å². The SMILES string of the molecule is N#Cc1cc(Nc2ccccc2SC(F)F)ccn1. The van der Waals surface area contributed by atoms with Crippen molar-refractivity contribution in [3.05, 3.63) is 48.3 Å². The van der Waals surface area contributed by atoms with E-state index in [1.807, 2.05) is 6.07 Å². The number of nitrogens with one attached hydrogen (secondary N) is 1. The molecule has 2 rings (SSSR count). The number of halogens is 2. The first-order valence-electron chi connectivity index (χ1n) is 5.36. The predicted molar refractivity (Wildman–Crippen MR) is 70.5 cm³/mol. The van der Waals surface area contributed by atoms with E-state index in [9.17, 15) is 8.78 Å². The van der Waals surface area contributed by atoms with Crippen LogP contribution in [0, 0.1) is 11.3 Å². The Kier molecular flexibility index (Phi) is 4.31. The Balaban J connectivity index is 2.25. The summed E-state index contributed by atoms with van der Waals surface area (Å²) in [7, 11) is 0. The zero-order valence-electron chi connectivity index (χ0n) is 9.68. The number of nitrogens with zero attached hydrogens (tertiary/aromatic N) is 2. The standard InChI is InChI=1S/C13H9F2N3S/c14-13(15)19-12-4-2-1-3-11(12)18-9-5-6-17-10(7-9)8-16/h1-7,13H,(H,17,18). The zero-order valence-corrected chi connectivity index (χ0v) is 10.5. The summed E-state index contributed by atoms with van der Waals surface area (Å²) in [6, 6.07) is 11.9. The Morgan fingerprint density at radius 1 is 1.26 bits per heavy atom. The second kappa shape index (κ2) is 6.16. The number of rotatable bonds is 4. The topological polar surface area (TPSA) is 48.7 Å². The van der Waals surface area contributed by atoms with Crippen molar-refractivity contribution in [2.75, 3.05) is 5.32 Å².